The molecule has 2 aromatic rings. The zero-order valence-electron chi connectivity index (χ0n) is 12.3. The highest BCUT2D eigenvalue weighted by molar-refractivity contribution is 6.42. The molecule has 0 heterocycles. The highest BCUT2D eigenvalue weighted by Gasteiger charge is 2.18. The average molecular weight is 342 g/mol. The molecule has 0 aromatic heterocycles. The Balaban J connectivity index is 2.36. The first kappa shape index (κ1) is 17.1. The van der Waals surface area contributed by atoms with Crippen LogP contribution in [0.3, 0.4) is 0 Å². The molecule has 1 unspecified atom stereocenters. The molecule has 0 amide bonds. The van der Waals surface area contributed by atoms with E-state index in [-0.39, 0.29) is 11.7 Å². The smallest absolute Gasteiger partial charge is 0.123 e. The zero-order valence-corrected chi connectivity index (χ0v) is 13.8. The summed E-state index contributed by atoms with van der Waals surface area (Å²) in [4.78, 5) is 0. The van der Waals surface area contributed by atoms with E-state index in [0.29, 0.717) is 35.4 Å². The quantitative estimate of drug-likeness (QED) is 0.817. The summed E-state index contributed by atoms with van der Waals surface area (Å²) < 4.78 is 19.2. The Morgan fingerprint density at radius 2 is 2.00 bits per heavy atom. The van der Waals surface area contributed by atoms with Crippen molar-refractivity contribution in [1.29, 1.82) is 0 Å². The first-order chi connectivity index (χ1) is 10.6. The molecule has 22 heavy (non-hydrogen) atoms. The summed E-state index contributed by atoms with van der Waals surface area (Å²) in [6.45, 7) is 2.75. The van der Waals surface area contributed by atoms with Crippen molar-refractivity contribution < 1.29 is 9.13 Å². The maximum atomic E-state index is 13.6. The third kappa shape index (κ3) is 3.92. The molecule has 0 aliphatic rings. The Kier molecular flexibility index (Phi) is 6.07. The van der Waals surface area contributed by atoms with E-state index in [9.17, 15) is 4.39 Å². The number of ether oxygens (including phenoxy) is 1. The van der Waals surface area contributed by atoms with E-state index >= 15 is 0 Å². The summed E-state index contributed by atoms with van der Waals surface area (Å²) in [5.74, 6) is 0.236. The standard InChI is InChI=1S/C17H18Cl2FNO/c1-2-22-16-7-6-13(20)9-14(16)12(10-21)8-11-4-3-5-15(18)17(11)19/h3-7,9,12H,2,8,10,21H2,1H3. The lowest BCUT2D eigenvalue weighted by molar-refractivity contribution is 0.333. The highest BCUT2D eigenvalue weighted by Crippen LogP contribution is 2.33. The molecule has 0 radical (unpaired) electrons. The third-order valence-corrected chi connectivity index (χ3v) is 4.35. The molecule has 0 saturated carbocycles. The van der Waals surface area contributed by atoms with Gasteiger partial charge in [-0.1, -0.05) is 35.3 Å². The largest absolute Gasteiger partial charge is 0.494 e. The van der Waals surface area contributed by atoms with Crippen molar-refractivity contribution in [3.05, 3.63) is 63.4 Å². The van der Waals surface area contributed by atoms with Crippen molar-refractivity contribution in [2.75, 3.05) is 13.2 Å². The molecule has 0 saturated heterocycles. The molecule has 0 aliphatic carbocycles. The molecule has 2 rings (SSSR count). The third-order valence-electron chi connectivity index (χ3n) is 3.49. The van der Waals surface area contributed by atoms with Crippen molar-refractivity contribution in [2.24, 2.45) is 5.73 Å². The minimum absolute atomic E-state index is 0.104. The topological polar surface area (TPSA) is 35.2 Å². The molecule has 0 spiro atoms. The van der Waals surface area contributed by atoms with Crippen LogP contribution < -0.4 is 10.5 Å². The first-order valence-corrected chi connectivity index (χ1v) is 7.87. The van der Waals surface area contributed by atoms with E-state index in [1.165, 1.54) is 12.1 Å². The van der Waals surface area contributed by atoms with Gasteiger partial charge in [-0.05, 0) is 49.7 Å². The number of halogens is 3. The first-order valence-electron chi connectivity index (χ1n) is 7.12. The van der Waals surface area contributed by atoms with Crippen LogP contribution in [-0.4, -0.2) is 13.2 Å². The molecule has 1 atom stereocenters. The van der Waals surface area contributed by atoms with Crippen LogP contribution >= 0.6 is 23.2 Å². The molecule has 2 N–H and O–H groups in total. The molecular weight excluding hydrogens is 324 g/mol. The summed E-state index contributed by atoms with van der Waals surface area (Å²) in [6, 6.07) is 9.97. The lowest BCUT2D eigenvalue weighted by Gasteiger charge is -2.20. The van der Waals surface area contributed by atoms with E-state index < -0.39 is 0 Å². The molecule has 0 bridgehead atoms. The van der Waals surface area contributed by atoms with Gasteiger partial charge in [-0.2, -0.15) is 0 Å². The Labute approximate surface area is 140 Å². The summed E-state index contributed by atoms with van der Waals surface area (Å²) >= 11 is 12.3. The molecule has 2 nitrogen and oxygen atoms in total. The van der Waals surface area contributed by atoms with E-state index in [1.54, 1.807) is 12.1 Å². The maximum absolute atomic E-state index is 13.6. The molecule has 5 heteroatoms. The van der Waals surface area contributed by atoms with Crippen LogP contribution in [0.1, 0.15) is 24.0 Å². The van der Waals surface area contributed by atoms with Crippen LogP contribution in [0.2, 0.25) is 10.0 Å². The Morgan fingerprint density at radius 1 is 1.23 bits per heavy atom. The summed E-state index contributed by atoms with van der Waals surface area (Å²) in [5, 5.41) is 1.01. The fraction of sp³-hybridized carbons (Fsp3) is 0.294. The summed E-state index contributed by atoms with van der Waals surface area (Å²) in [7, 11) is 0. The fourth-order valence-corrected chi connectivity index (χ4v) is 2.81. The number of benzene rings is 2. The SMILES string of the molecule is CCOc1ccc(F)cc1C(CN)Cc1cccc(Cl)c1Cl. The lowest BCUT2D eigenvalue weighted by atomic mass is 9.91. The second-order valence-electron chi connectivity index (χ2n) is 4.96. The van der Waals surface area contributed by atoms with Crippen LogP contribution in [0.4, 0.5) is 4.39 Å². The predicted octanol–water partition coefficient (Wildman–Crippen LogP) is 4.82. The van der Waals surface area contributed by atoms with Gasteiger partial charge in [0.2, 0.25) is 0 Å². The summed E-state index contributed by atoms with van der Waals surface area (Å²) in [5.41, 5.74) is 7.54. The van der Waals surface area contributed by atoms with Gasteiger partial charge in [-0.15, -0.1) is 0 Å². The van der Waals surface area contributed by atoms with Crippen LogP contribution in [0.5, 0.6) is 5.75 Å². The van der Waals surface area contributed by atoms with Gasteiger partial charge >= 0.3 is 0 Å². The van der Waals surface area contributed by atoms with E-state index in [2.05, 4.69) is 0 Å². The van der Waals surface area contributed by atoms with Crippen molar-refractivity contribution in [3.63, 3.8) is 0 Å². The number of hydrogen-bond acceptors (Lipinski definition) is 2. The second-order valence-corrected chi connectivity index (χ2v) is 5.75. The lowest BCUT2D eigenvalue weighted by Crippen LogP contribution is -2.16. The van der Waals surface area contributed by atoms with Crippen molar-refractivity contribution in [2.45, 2.75) is 19.3 Å². The van der Waals surface area contributed by atoms with Crippen LogP contribution in [0, 0.1) is 5.82 Å². The molecule has 2 aromatic carbocycles. The van der Waals surface area contributed by atoms with Crippen LogP contribution in [0.15, 0.2) is 36.4 Å². The van der Waals surface area contributed by atoms with Gasteiger partial charge in [0.1, 0.15) is 11.6 Å². The van der Waals surface area contributed by atoms with Crippen molar-refractivity contribution in [1.82, 2.24) is 0 Å². The molecule has 0 aliphatic heterocycles. The van der Waals surface area contributed by atoms with Gasteiger partial charge in [0.25, 0.3) is 0 Å². The van der Waals surface area contributed by atoms with Gasteiger partial charge in [0.05, 0.1) is 16.7 Å². The number of nitrogens with two attached hydrogens (primary N) is 1. The normalized spacial score (nSPS) is 12.2. The van der Waals surface area contributed by atoms with E-state index in [0.717, 1.165) is 11.1 Å². The minimum Gasteiger partial charge on any atom is -0.494 e. The van der Waals surface area contributed by atoms with Gasteiger partial charge in [0, 0.05) is 11.5 Å². The molecular formula is C17H18Cl2FNO. The van der Waals surface area contributed by atoms with Crippen LogP contribution in [0.25, 0.3) is 0 Å². The average Bonchev–Trinajstić information content (AvgIpc) is 2.51. The summed E-state index contributed by atoms with van der Waals surface area (Å²) in [6.07, 6.45) is 0.569. The number of hydrogen-bond donors (Lipinski definition) is 1. The Morgan fingerprint density at radius 3 is 2.68 bits per heavy atom. The zero-order chi connectivity index (χ0) is 16.1. The van der Waals surface area contributed by atoms with Gasteiger partial charge in [0.15, 0.2) is 0 Å². The fourth-order valence-electron chi connectivity index (χ4n) is 2.42. The Bertz CT molecular complexity index is 649. The maximum Gasteiger partial charge on any atom is 0.123 e. The van der Waals surface area contributed by atoms with Gasteiger partial charge in [-0.3, -0.25) is 0 Å². The van der Waals surface area contributed by atoms with Crippen molar-refractivity contribution in [3.8, 4) is 5.75 Å². The highest BCUT2D eigenvalue weighted by atomic mass is 35.5. The van der Waals surface area contributed by atoms with E-state index in [1.807, 2.05) is 19.1 Å². The molecule has 0 fully saturated rings. The monoisotopic (exact) mass is 341 g/mol. The van der Waals surface area contributed by atoms with Crippen LogP contribution in [-0.2, 0) is 6.42 Å². The Hall–Kier alpha value is -1.29. The van der Waals surface area contributed by atoms with E-state index in [4.69, 9.17) is 33.7 Å². The molecule has 118 valence electrons. The number of rotatable bonds is 6. The minimum atomic E-state index is -0.311. The van der Waals surface area contributed by atoms with Crippen molar-refractivity contribution >= 4 is 23.2 Å². The second kappa shape index (κ2) is 7.82. The predicted molar refractivity (Wildman–Crippen MR) is 89.5 cm³/mol. The van der Waals surface area contributed by atoms with Gasteiger partial charge < -0.3 is 10.5 Å². The van der Waals surface area contributed by atoms with Gasteiger partial charge in [-0.25, -0.2) is 4.39 Å².